The summed E-state index contributed by atoms with van der Waals surface area (Å²) >= 11 is 0. The molecule has 0 aliphatic heterocycles. The summed E-state index contributed by atoms with van der Waals surface area (Å²) < 4.78 is 0. The molecule has 1 nitrogen and oxygen atoms in total. The zero-order valence-corrected chi connectivity index (χ0v) is 12.9. The van der Waals surface area contributed by atoms with E-state index in [0.29, 0.717) is 11.3 Å². The molecular weight excluding hydrogens is 244 g/mol. The first kappa shape index (κ1) is 13.1. The van der Waals surface area contributed by atoms with Gasteiger partial charge in [0.1, 0.15) is 0 Å². The van der Waals surface area contributed by atoms with Crippen molar-refractivity contribution in [2.24, 2.45) is 28.6 Å². The monoisotopic (exact) mass is 272 g/mol. The molecule has 0 bridgehead atoms. The number of hydrogen-bond acceptors (Lipinski definition) is 1. The van der Waals surface area contributed by atoms with E-state index in [1.165, 1.54) is 32.1 Å². The molecule has 3 saturated carbocycles. The Morgan fingerprint density at radius 2 is 2.10 bits per heavy atom. The summed E-state index contributed by atoms with van der Waals surface area (Å²) in [6.45, 7) is 4.85. The van der Waals surface area contributed by atoms with Crippen LogP contribution in [0.15, 0.2) is 23.8 Å². The fourth-order valence-corrected chi connectivity index (χ4v) is 6.48. The van der Waals surface area contributed by atoms with Crippen LogP contribution < -0.4 is 0 Å². The fourth-order valence-electron chi connectivity index (χ4n) is 6.48. The molecule has 0 aromatic rings. The molecule has 110 valence electrons. The molecule has 0 heterocycles. The lowest BCUT2D eigenvalue weighted by atomic mass is 9.48. The van der Waals surface area contributed by atoms with Crippen LogP contribution in [0.3, 0.4) is 0 Å². The van der Waals surface area contributed by atoms with E-state index in [1.807, 2.05) is 0 Å². The quantitative estimate of drug-likeness (QED) is 0.645. The Balaban J connectivity index is 1.75. The topological polar surface area (TPSA) is 20.2 Å². The molecule has 0 amide bonds. The molecule has 1 heteroatoms. The van der Waals surface area contributed by atoms with Crippen molar-refractivity contribution in [3.63, 3.8) is 0 Å². The van der Waals surface area contributed by atoms with E-state index in [0.717, 1.165) is 24.7 Å². The second-order valence-corrected chi connectivity index (χ2v) is 8.30. The number of fused-ring (bicyclic) bond motifs is 5. The highest BCUT2D eigenvalue weighted by atomic mass is 16.3. The predicted molar refractivity (Wildman–Crippen MR) is 82.2 cm³/mol. The maximum atomic E-state index is 11.0. The van der Waals surface area contributed by atoms with E-state index in [4.69, 9.17) is 0 Å². The average Bonchev–Trinajstić information content (AvgIpc) is 2.78. The molecule has 1 N–H and O–H groups in total. The molecule has 1 unspecified atom stereocenters. The lowest BCUT2D eigenvalue weighted by molar-refractivity contribution is -0.103. The van der Waals surface area contributed by atoms with Crippen molar-refractivity contribution < 1.29 is 5.11 Å². The van der Waals surface area contributed by atoms with E-state index in [-0.39, 0.29) is 11.5 Å². The Bertz CT molecular complexity index is 476. The predicted octanol–water partition coefficient (Wildman–Crippen LogP) is 4.48. The van der Waals surface area contributed by atoms with Crippen LogP contribution in [-0.4, -0.2) is 11.2 Å². The van der Waals surface area contributed by atoms with E-state index in [1.54, 1.807) is 5.57 Å². The maximum absolute atomic E-state index is 11.0. The van der Waals surface area contributed by atoms with E-state index in [9.17, 15) is 5.11 Å². The summed E-state index contributed by atoms with van der Waals surface area (Å²) in [5.74, 6) is 2.08. The minimum Gasteiger partial charge on any atom is -0.393 e. The summed E-state index contributed by atoms with van der Waals surface area (Å²) in [7, 11) is 0. The molecule has 0 spiro atoms. The second kappa shape index (κ2) is 4.22. The Morgan fingerprint density at radius 3 is 2.95 bits per heavy atom. The van der Waals surface area contributed by atoms with Gasteiger partial charge in [0, 0.05) is 11.3 Å². The summed E-state index contributed by atoms with van der Waals surface area (Å²) in [5, 5.41) is 11.0. The number of aliphatic hydroxyl groups excluding tert-OH is 1. The Kier molecular flexibility index (Phi) is 2.77. The third-order valence-electron chi connectivity index (χ3n) is 7.32. The van der Waals surface area contributed by atoms with Crippen molar-refractivity contribution >= 4 is 0 Å². The molecule has 20 heavy (non-hydrogen) atoms. The molecule has 0 saturated heterocycles. The zero-order valence-electron chi connectivity index (χ0n) is 12.9. The van der Waals surface area contributed by atoms with Gasteiger partial charge < -0.3 is 5.11 Å². The molecular formula is C19H28O. The SMILES string of the molecule is C[C@@]12CCC[C@H]1[C@@H]1CCC3=CCC=C[C@]3(C)[C@H]1C(O)C2. The Labute approximate surface area is 123 Å². The van der Waals surface area contributed by atoms with Gasteiger partial charge in [-0.2, -0.15) is 0 Å². The number of rotatable bonds is 0. The fraction of sp³-hybridized carbons (Fsp3) is 0.789. The summed E-state index contributed by atoms with van der Waals surface area (Å²) in [6, 6.07) is 0. The Hall–Kier alpha value is -0.560. The summed E-state index contributed by atoms with van der Waals surface area (Å²) in [5.41, 5.74) is 2.18. The lowest BCUT2D eigenvalue weighted by Gasteiger charge is -2.58. The van der Waals surface area contributed by atoms with Gasteiger partial charge in [0.15, 0.2) is 0 Å². The van der Waals surface area contributed by atoms with Gasteiger partial charge >= 0.3 is 0 Å². The van der Waals surface area contributed by atoms with E-state index < -0.39 is 0 Å². The van der Waals surface area contributed by atoms with Gasteiger partial charge in [-0.3, -0.25) is 0 Å². The van der Waals surface area contributed by atoms with Gasteiger partial charge in [0.2, 0.25) is 0 Å². The molecule has 4 aliphatic carbocycles. The van der Waals surface area contributed by atoms with Gasteiger partial charge in [0.05, 0.1) is 6.10 Å². The second-order valence-electron chi connectivity index (χ2n) is 8.30. The first-order chi connectivity index (χ1) is 9.55. The lowest BCUT2D eigenvalue weighted by Crippen LogP contribution is -2.54. The van der Waals surface area contributed by atoms with Gasteiger partial charge in [-0.1, -0.05) is 44.1 Å². The van der Waals surface area contributed by atoms with Crippen molar-refractivity contribution in [2.75, 3.05) is 0 Å². The van der Waals surface area contributed by atoms with Crippen molar-refractivity contribution in [1.29, 1.82) is 0 Å². The molecule has 0 aromatic carbocycles. The van der Waals surface area contributed by atoms with Crippen LogP contribution >= 0.6 is 0 Å². The number of hydrogen-bond donors (Lipinski definition) is 1. The van der Waals surface area contributed by atoms with Crippen LogP contribution in [0.1, 0.15) is 58.8 Å². The van der Waals surface area contributed by atoms with Crippen molar-refractivity contribution in [3.8, 4) is 0 Å². The van der Waals surface area contributed by atoms with Crippen LogP contribution in [-0.2, 0) is 0 Å². The third-order valence-corrected chi connectivity index (χ3v) is 7.32. The van der Waals surface area contributed by atoms with Crippen molar-refractivity contribution in [2.45, 2.75) is 64.9 Å². The van der Waals surface area contributed by atoms with Gasteiger partial charge in [-0.25, -0.2) is 0 Å². The van der Waals surface area contributed by atoms with Gasteiger partial charge in [0.25, 0.3) is 0 Å². The standard InChI is InChI=1S/C19H28O/c1-18-10-5-7-15(18)14-9-8-13-6-3-4-11-19(13,2)17(14)16(20)12-18/h4,6,11,14-17,20H,3,5,7-10,12H2,1-2H3/t14-,15-,16?,17+,18-,19-/m0/s1. The number of aliphatic hydroxyl groups is 1. The summed E-state index contributed by atoms with van der Waals surface area (Å²) in [4.78, 5) is 0. The molecule has 0 aromatic heterocycles. The first-order valence-corrected chi connectivity index (χ1v) is 8.60. The molecule has 4 rings (SSSR count). The van der Waals surface area contributed by atoms with Crippen molar-refractivity contribution in [1.82, 2.24) is 0 Å². The minimum atomic E-state index is -0.101. The first-order valence-electron chi connectivity index (χ1n) is 8.60. The van der Waals surface area contributed by atoms with Crippen LogP contribution in [0, 0.1) is 28.6 Å². The highest BCUT2D eigenvalue weighted by Gasteiger charge is 2.58. The molecule has 0 radical (unpaired) electrons. The van der Waals surface area contributed by atoms with Crippen molar-refractivity contribution in [3.05, 3.63) is 23.8 Å². The smallest absolute Gasteiger partial charge is 0.0587 e. The molecule has 3 fully saturated rings. The van der Waals surface area contributed by atoms with Crippen LogP contribution in [0.2, 0.25) is 0 Å². The largest absolute Gasteiger partial charge is 0.393 e. The van der Waals surface area contributed by atoms with E-state index >= 15 is 0 Å². The van der Waals surface area contributed by atoms with Crippen LogP contribution in [0.4, 0.5) is 0 Å². The highest BCUT2D eigenvalue weighted by Crippen LogP contribution is 2.64. The minimum absolute atomic E-state index is 0.101. The maximum Gasteiger partial charge on any atom is 0.0587 e. The number of allylic oxidation sites excluding steroid dienone is 4. The van der Waals surface area contributed by atoms with Gasteiger partial charge in [-0.05, 0) is 55.8 Å². The molecule has 4 aliphatic rings. The highest BCUT2D eigenvalue weighted by molar-refractivity contribution is 5.32. The van der Waals surface area contributed by atoms with Gasteiger partial charge in [-0.15, -0.1) is 0 Å². The average molecular weight is 272 g/mol. The molecule has 6 atom stereocenters. The van der Waals surface area contributed by atoms with Crippen LogP contribution in [0.25, 0.3) is 0 Å². The van der Waals surface area contributed by atoms with E-state index in [2.05, 4.69) is 32.1 Å². The zero-order chi connectivity index (χ0) is 14.0. The summed E-state index contributed by atoms with van der Waals surface area (Å²) in [6.07, 6.45) is 15.9. The normalized spacial score (nSPS) is 53.9. The van der Waals surface area contributed by atoms with Crippen LogP contribution in [0.5, 0.6) is 0 Å². The Morgan fingerprint density at radius 1 is 1.25 bits per heavy atom. The third kappa shape index (κ3) is 1.59.